The number of ether oxygens (including phenoxy) is 3. The van der Waals surface area contributed by atoms with E-state index in [0.29, 0.717) is 13.2 Å². The molecule has 0 aromatic heterocycles. The van der Waals surface area contributed by atoms with Crippen molar-refractivity contribution in [2.24, 2.45) is 0 Å². The maximum Gasteiger partial charge on any atom is 0.204 e. The highest BCUT2D eigenvalue weighted by Gasteiger charge is 2.19. The van der Waals surface area contributed by atoms with Crippen molar-refractivity contribution in [3.8, 4) is 17.2 Å². The van der Waals surface area contributed by atoms with Gasteiger partial charge in [-0.2, -0.15) is 0 Å². The van der Waals surface area contributed by atoms with E-state index in [4.69, 9.17) is 14.2 Å². The number of fused-ring (bicyclic) bond motifs is 1. The second kappa shape index (κ2) is 3.61. The van der Waals surface area contributed by atoms with Crippen LogP contribution in [0.15, 0.2) is 12.1 Å². The normalized spacial score (nSPS) is 14.0. The maximum absolute atomic E-state index is 5.48. The first-order valence-corrected chi connectivity index (χ1v) is 5.03. The third kappa shape index (κ3) is 1.54. The Kier molecular flexibility index (Phi) is 2.48. The van der Waals surface area contributed by atoms with Crippen LogP contribution in [0.3, 0.4) is 0 Å². The summed E-state index contributed by atoms with van der Waals surface area (Å²) in [7, 11) is 1.63. The molecule has 0 aliphatic carbocycles. The zero-order valence-electron chi connectivity index (χ0n) is 7.17. The van der Waals surface area contributed by atoms with Crippen molar-refractivity contribution >= 4 is 22.6 Å². The Labute approximate surface area is 90.1 Å². The largest absolute Gasteiger partial charge is 0.493 e. The van der Waals surface area contributed by atoms with E-state index in [1.807, 2.05) is 12.1 Å². The highest BCUT2D eigenvalue weighted by Crippen LogP contribution is 2.42. The van der Waals surface area contributed by atoms with E-state index in [-0.39, 0.29) is 0 Å². The van der Waals surface area contributed by atoms with E-state index in [1.54, 1.807) is 7.11 Å². The monoisotopic (exact) mass is 292 g/mol. The van der Waals surface area contributed by atoms with E-state index < -0.39 is 0 Å². The average molecular weight is 292 g/mol. The number of halogens is 1. The number of hydrogen-bond donors (Lipinski definition) is 0. The summed E-state index contributed by atoms with van der Waals surface area (Å²) in [5.74, 6) is 2.25. The lowest BCUT2D eigenvalue weighted by atomic mass is 10.3. The van der Waals surface area contributed by atoms with Gasteiger partial charge in [-0.15, -0.1) is 0 Å². The van der Waals surface area contributed by atoms with Crippen LogP contribution in [-0.2, 0) is 0 Å². The summed E-state index contributed by atoms with van der Waals surface area (Å²) in [5, 5.41) is 0. The molecule has 1 heterocycles. The van der Waals surface area contributed by atoms with Crippen molar-refractivity contribution in [1.29, 1.82) is 0 Å². The molecule has 1 aromatic rings. The van der Waals surface area contributed by atoms with Crippen LogP contribution in [0.4, 0.5) is 0 Å². The van der Waals surface area contributed by atoms with Gasteiger partial charge in [0.25, 0.3) is 0 Å². The molecule has 0 fully saturated rings. The van der Waals surface area contributed by atoms with Crippen molar-refractivity contribution in [3.63, 3.8) is 0 Å². The Morgan fingerprint density at radius 1 is 1.23 bits per heavy atom. The fourth-order valence-corrected chi connectivity index (χ4v) is 1.82. The molecule has 0 atom stereocenters. The molecule has 0 unspecified atom stereocenters. The Morgan fingerprint density at radius 2 is 1.92 bits per heavy atom. The Morgan fingerprint density at radius 3 is 2.62 bits per heavy atom. The maximum atomic E-state index is 5.48. The molecule has 2 rings (SSSR count). The van der Waals surface area contributed by atoms with Crippen LogP contribution in [0, 0.1) is 3.57 Å². The van der Waals surface area contributed by atoms with Crippen molar-refractivity contribution in [2.45, 2.75) is 0 Å². The molecule has 3 nitrogen and oxygen atoms in total. The molecule has 1 aromatic carbocycles. The molecule has 70 valence electrons. The minimum absolute atomic E-state index is 0.587. The summed E-state index contributed by atoms with van der Waals surface area (Å²) in [6.45, 7) is 1.19. The van der Waals surface area contributed by atoms with Gasteiger partial charge in [0.1, 0.15) is 13.2 Å². The van der Waals surface area contributed by atoms with Gasteiger partial charge in [0.15, 0.2) is 11.5 Å². The van der Waals surface area contributed by atoms with Gasteiger partial charge in [0, 0.05) is 0 Å². The van der Waals surface area contributed by atoms with Crippen LogP contribution in [0.25, 0.3) is 0 Å². The Hall–Kier alpha value is -0.650. The second-order valence-electron chi connectivity index (χ2n) is 2.60. The molecule has 0 amide bonds. The molecule has 13 heavy (non-hydrogen) atoms. The highest BCUT2D eigenvalue weighted by atomic mass is 127. The molecular weight excluding hydrogens is 283 g/mol. The van der Waals surface area contributed by atoms with E-state index in [2.05, 4.69) is 22.6 Å². The minimum atomic E-state index is 0.587. The average Bonchev–Trinajstić information content (AvgIpc) is 2.19. The first kappa shape index (κ1) is 8.93. The summed E-state index contributed by atoms with van der Waals surface area (Å²) in [4.78, 5) is 0. The van der Waals surface area contributed by atoms with Gasteiger partial charge in [0.05, 0.1) is 10.7 Å². The lowest BCUT2D eigenvalue weighted by Crippen LogP contribution is -2.16. The minimum Gasteiger partial charge on any atom is -0.493 e. The summed E-state index contributed by atoms with van der Waals surface area (Å²) in [6, 6.07) is 3.84. The molecule has 0 spiro atoms. The molecule has 0 N–H and O–H groups in total. The topological polar surface area (TPSA) is 27.7 Å². The molecule has 1 aliphatic rings. The van der Waals surface area contributed by atoms with Gasteiger partial charge >= 0.3 is 0 Å². The van der Waals surface area contributed by atoms with Gasteiger partial charge in [-0.05, 0) is 34.7 Å². The number of benzene rings is 1. The molecule has 4 heteroatoms. The lowest BCUT2D eigenvalue weighted by molar-refractivity contribution is 0.164. The number of rotatable bonds is 1. The lowest BCUT2D eigenvalue weighted by Gasteiger charge is -2.21. The number of methoxy groups -OCH3 is 1. The van der Waals surface area contributed by atoms with Crippen LogP contribution in [0.1, 0.15) is 0 Å². The highest BCUT2D eigenvalue weighted by molar-refractivity contribution is 14.1. The van der Waals surface area contributed by atoms with Gasteiger partial charge in [0.2, 0.25) is 5.75 Å². The molecule has 0 radical (unpaired) electrons. The molecule has 0 saturated carbocycles. The van der Waals surface area contributed by atoms with Crippen LogP contribution < -0.4 is 14.2 Å². The number of hydrogen-bond acceptors (Lipinski definition) is 3. The van der Waals surface area contributed by atoms with Gasteiger partial charge in [-0.1, -0.05) is 0 Å². The van der Waals surface area contributed by atoms with E-state index in [9.17, 15) is 0 Å². The Balaban J connectivity index is 2.52. The van der Waals surface area contributed by atoms with Crippen molar-refractivity contribution in [2.75, 3.05) is 20.3 Å². The summed E-state index contributed by atoms with van der Waals surface area (Å²) in [6.07, 6.45) is 0. The standard InChI is InChI=1S/C9H9IO3/c1-11-7-3-2-6(10)8-9(7)13-5-4-12-8/h2-3H,4-5H2,1H3. The smallest absolute Gasteiger partial charge is 0.204 e. The summed E-state index contributed by atoms with van der Waals surface area (Å²) in [5.41, 5.74) is 0. The van der Waals surface area contributed by atoms with Crippen molar-refractivity contribution < 1.29 is 14.2 Å². The van der Waals surface area contributed by atoms with Crippen molar-refractivity contribution in [3.05, 3.63) is 15.7 Å². The molecular formula is C9H9IO3. The van der Waals surface area contributed by atoms with E-state index in [1.165, 1.54) is 0 Å². The first-order valence-electron chi connectivity index (χ1n) is 3.95. The zero-order valence-corrected chi connectivity index (χ0v) is 9.33. The third-order valence-electron chi connectivity index (χ3n) is 1.82. The summed E-state index contributed by atoms with van der Waals surface area (Å²) < 4.78 is 17.2. The van der Waals surface area contributed by atoms with Crippen LogP contribution in [0.2, 0.25) is 0 Å². The zero-order chi connectivity index (χ0) is 9.26. The van der Waals surface area contributed by atoms with Gasteiger partial charge in [-0.25, -0.2) is 0 Å². The van der Waals surface area contributed by atoms with E-state index >= 15 is 0 Å². The molecule has 1 aliphatic heterocycles. The van der Waals surface area contributed by atoms with Gasteiger partial charge in [-0.3, -0.25) is 0 Å². The predicted molar refractivity (Wildman–Crippen MR) is 56.7 cm³/mol. The fourth-order valence-electron chi connectivity index (χ4n) is 1.24. The molecule has 0 saturated heterocycles. The second-order valence-corrected chi connectivity index (χ2v) is 3.77. The van der Waals surface area contributed by atoms with Crippen molar-refractivity contribution in [1.82, 2.24) is 0 Å². The fraction of sp³-hybridized carbons (Fsp3) is 0.333. The molecule has 0 bridgehead atoms. The third-order valence-corrected chi connectivity index (χ3v) is 2.67. The van der Waals surface area contributed by atoms with E-state index in [0.717, 1.165) is 20.8 Å². The first-order chi connectivity index (χ1) is 6.33. The van der Waals surface area contributed by atoms with Crippen LogP contribution in [0.5, 0.6) is 17.2 Å². The van der Waals surface area contributed by atoms with Crippen LogP contribution in [-0.4, -0.2) is 20.3 Å². The quantitative estimate of drug-likeness (QED) is 0.742. The Bertz CT molecular complexity index is 325. The SMILES string of the molecule is COc1ccc(I)c2c1OCCO2. The summed E-state index contributed by atoms with van der Waals surface area (Å²) >= 11 is 2.22. The van der Waals surface area contributed by atoms with Crippen LogP contribution >= 0.6 is 22.6 Å². The van der Waals surface area contributed by atoms with Gasteiger partial charge < -0.3 is 14.2 Å². The predicted octanol–water partition coefficient (Wildman–Crippen LogP) is 2.07.